The molecule has 0 fully saturated rings. The van der Waals surface area contributed by atoms with Gasteiger partial charge < -0.3 is 9.30 Å². The normalized spacial score (nSPS) is 11.8. The predicted octanol–water partition coefficient (Wildman–Crippen LogP) is 3.32. The first-order valence-corrected chi connectivity index (χ1v) is 10.0. The number of hydrogen-bond donors (Lipinski definition) is 1. The monoisotopic (exact) mass is 372 g/mol. The molecule has 26 heavy (non-hydrogen) atoms. The Morgan fingerprint density at radius 2 is 1.85 bits per heavy atom. The third-order valence-corrected chi connectivity index (χ3v) is 6.29. The van der Waals surface area contributed by atoms with Crippen LogP contribution in [0.3, 0.4) is 0 Å². The number of methoxy groups -OCH3 is 1. The smallest absolute Gasteiger partial charge is 0.244 e. The number of para-hydroxylation sites is 1. The molecule has 3 aromatic rings. The lowest BCUT2D eigenvalue weighted by Crippen LogP contribution is -2.26. The van der Waals surface area contributed by atoms with Crippen molar-refractivity contribution < 1.29 is 13.2 Å². The second kappa shape index (κ2) is 7.13. The summed E-state index contributed by atoms with van der Waals surface area (Å²) in [6, 6.07) is 13.3. The number of benzene rings is 2. The van der Waals surface area contributed by atoms with Gasteiger partial charge in [-0.15, -0.1) is 0 Å². The molecular weight excluding hydrogens is 348 g/mol. The summed E-state index contributed by atoms with van der Waals surface area (Å²) < 4.78 is 35.5. The van der Waals surface area contributed by atoms with Crippen LogP contribution in [0.5, 0.6) is 5.75 Å². The van der Waals surface area contributed by atoms with Gasteiger partial charge >= 0.3 is 0 Å². The molecule has 2 aromatic carbocycles. The van der Waals surface area contributed by atoms with Crippen LogP contribution in [0.4, 0.5) is 0 Å². The van der Waals surface area contributed by atoms with E-state index in [1.54, 1.807) is 12.1 Å². The molecule has 1 N–H and O–H groups in total. The maximum Gasteiger partial charge on any atom is 0.244 e. The Hall–Kier alpha value is -2.31. The van der Waals surface area contributed by atoms with E-state index in [9.17, 15) is 8.42 Å². The Labute approximate surface area is 154 Å². The minimum absolute atomic E-state index is 0.176. The van der Waals surface area contributed by atoms with Gasteiger partial charge in [-0.05, 0) is 49.6 Å². The van der Waals surface area contributed by atoms with E-state index in [0.29, 0.717) is 18.7 Å². The third kappa shape index (κ3) is 3.34. The number of hydrogen-bond acceptors (Lipinski definition) is 3. The van der Waals surface area contributed by atoms with Crippen LogP contribution in [0, 0.1) is 13.8 Å². The number of aromatic nitrogens is 1. The van der Waals surface area contributed by atoms with Crippen molar-refractivity contribution in [3.05, 3.63) is 59.3 Å². The van der Waals surface area contributed by atoms with Crippen molar-refractivity contribution >= 4 is 20.9 Å². The second-order valence-corrected chi connectivity index (χ2v) is 8.18. The molecule has 0 spiro atoms. The fourth-order valence-electron chi connectivity index (χ4n) is 3.30. The summed E-state index contributed by atoms with van der Waals surface area (Å²) in [5.41, 5.74) is 4.35. The van der Waals surface area contributed by atoms with Crippen molar-refractivity contribution in [1.29, 1.82) is 0 Å². The zero-order valence-electron chi connectivity index (χ0n) is 15.5. The number of aryl methyl sites for hydroxylation is 2. The van der Waals surface area contributed by atoms with Gasteiger partial charge in [0.05, 0.1) is 7.11 Å². The van der Waals surface area contributed by atoms with E-state index in [4.69, 9.17) is 4.74 Å². The average molecular weight is 372 g/mol. The number of ether oxygens (including phenoxy) is 1. The Morgan fingerprint density at radius 1 is 1.12 bits per heavy atom. The maximum absolute atomic E-state index is 12.7. The predicted molar refractivity (Wildman–Crippen MR) is 104 cm³/mol. The van der Waals surface area contributed by atoms with E-state index in [1.165, 1.54) is 18.1 Å². The number of sulfonamides is 1. The summed E-state index contributed by atoms with van der Waals surface area (Å²) in [5, 5.41) is 1.17. The Kier molecular flexibility index (Phi) is 5.07. The molecule has 138 valence electrons. The quantitative estimate of drug-likeness (QED) is 0.722. The van der Waals surface area contributed by atoms with Crippen molar-refractivity contribution in [3.8, 4) is 5.75 Å². The van der Waals surface area contributed by atoms with Crippen LogP contribution in [0.1, 0.15) is 16.8 Å². The van der Waals surface area contributed by atoms with E-state index in [0.717, 1.165) is 16.8 Å². The van der Waals surface area contributed by atoms with Gasteiger partial charge in [-0.3, -0.25) is 0 Å². The van der Waals surface area contributed by atoms with E-state index in [1.807, 2.05) is 32.2 Å². The molecule has 0 atom stereocenters. The van der Waals surface area contributed by atoms with Crippen LogP contribution < -0.4 is 9.46 Å². The van der Waals surface area contributed by atoms with Gasteiger partial charge in [0, 0.05) is 30.2 Å². The van der Waals surface area contributed by atoms with Crippen LogP contribution >= 0.6 is 0 Å². The molecule has 1 aromatic heterocycles. The molecule has 0 aliphatic heterocycles. The molecule has 0 amide bonds. The molecule has 0 bridgehead atoms. The lowest BCUT2D eigenvalue weighted by atomic mass is 10.1. The van der Waals surface area contributed by atoms with Gasteiger partial charge in [-0.25, -0.2) is 13.1 Å². The molecular formula is C20H24N2O3S. The first-order valence-electron chi connectivity index (χ1n) is 8.52. The molecule has 0 aliphatic rings. The zero-order valence-corrected chi connectivity index (χ0v) is 16.4. The lowest BCUT2D eigenvalue weighted by molar-refractivity contribution is 0.402. The first-order chi connectivity index (χ1) is 12.3. The fourth-order valence-corrected chi connectivity index (χ4v) is 4.58. The zero-order chi connectivity index (χ0) is 18.9. The lowest BCUT2D eigenvalue weighted by Gasteiger charge is -2.11. The van der Waals surface area contributed by atoms with Crippen LogP contribution in [-0.2, 0) is 23.5 Å². The van der Waals surface area contributed by atoms with Gasteiger partial charge in [0.1, 0.15) is 10.6 Å². The van der Waals surface area contributed by atoms with Crippen LogP contribution in [0.15, 0.2) is 47.4 Å². The van der Waals surface area contributed by atoms with Crippen molar-refractivity contribution in [3.63, 3.8) is 0 Å². The van der Waals surface area contributed by atoms with E-state index < -0.39 is 10.0 Å². The van der Waals surface area contributed by atoms with Gasteiger partial charge in [0.25, 0.3) is 0 Å². The summed E-state index contributed by atoms with van der Waals surface area (Å²) in [7, 11) is -0.131. The Morgan fingerprint density at radius 3 is 2.58 bits per heavy atom. The first kappa shape index (κ1) is 18.5. The maximum atomic E-state index is 12.7. The molecule has 0 aliphatic carbocycles. The Balaban J connectivity index is 1.82. The average Bonchev–Trinajstić information content (AvgIpc) is 2.87. The highest BCUT2D eigenvalue weighted by Gasteiger charge is 2.20. The van der Waals surface area contributed by atoms with E-state index >= 15 is 0 Å². The summed E-state index contributed by atoms with van der Waals surface area (Å²) in [6.07, 6.45) is 0.626. The van der Waals surface area contributed by atoms with Gasteiger partial charge in [0.2, 0.25) is 10.0 Å². The van der Waals surface area contributed by atoms with Crippen molar-refractivity contribution in [2.45, 2.75) is 25.2 Å². The second-order valence-electron chi connectivity index (χ2n) is 6.44. The van der Waals surface area contributed by atoms with Crippen LogP contribution in [0.25, 0.3) is 10.9 Å². The molecule has 0 unspecified atom stereocenters. The van der Waals surface area contributed by atoms with E-state index in [-0.39, 0.29) is 4.90 Å². The summed E-state index contributed by atoms with van der Waals surface area (Å²) in [4.78, 5) is 0.176. The fraction of sp³-hybridized carbons (Fsp3) is 0.300. The Bertz CT molecular complexity index is 1050. The molecule has 6 heteroatoms. The molecule has 0 radical (unpaired) electrons. The minimum Gasteiger partial charge on any atom is -0.495 e. The van der Waals surface area contributed by atoms with E-state index in [2.05, 4.69) is 28.3 Å². The van der Waals surface area contributed by atoms with Crippen LogP contribution in [0.2, 0.25) is 0 Å². The largest absolute Gasteiger partial charge is 0.495 e. The molecule has 0 saturated carbocycles. The summed E-state index contributed by atoms with van der Waals surface area (Å²) in [5.74, 6) is 0.351. The SMILES string of the molecule is COc1ccc(C)cc1S(=O)(=O)NCCc1c(C)n(C)c2ccccc12. The summed E-state index contributed by atoms with van der Waals surface area (Å²) >= 11 is 0. The number of fused-ring (bicyclic) bond motifs is 1. The highest BCUT2D eigenvalue weighted by molar-refractivity contribution is 7.89. The van der Waals surface area contributed by atoms with Crippen molar-refractivity contribution in [2.24, 2.45) is 7.05 Å². The topological polar surface area (TPSA) is 60.3 Å². The minimum atomic E-state index is -3.64. The van der Waals surface area contributed by atoms with Crippen LogP contribution in [-0.4, -0.2) is 26.6 Å². The standard InChI is InChI=1S/C20H24N2O3S/c1-14-9-10-19(25-4)20(13-14)26(23,24)21-12-11-16-15(2)22(3)18-8-6-5-7-17(16)18/h5-10,13,21H,11-12H2,1-4H3. The molecule has 0 saturated heterocycles. The third-order valence-electron chi connectivity index (χ3n) is 4.81. The van der Waals surface area contributed by atoms with Gasteiger partial charge in [-0.2, -0.15) is 0 Å². The highest BCUT2D eigenvalue weighted by Crippen LogP contribution is 2.26. The number of rotatable bonds is 6. The van der Waals surface area contributed by atoms with Crippen molar-refractivity contribution in [1.82, 2.24) is 9.29 Å². The van der Waals surface area contributed by atoms with Gasteiger partial charge in [0.15, 0.2) is 0 Å². The van der Waals surface area contributed by atoms with Gasteiger partial charge in [-0.1, -0.05) is 24.3 Å². The summed E-state index contributed by atoms with van der Waals surface area (Å²) in [6.45, 7) is 4.25. The number of nitrogens with zero attached hydrogens (tertiary/aromatic N) is 1. The molecule has 1 heterocycles. The van der Waals surface area contributed by atoms with Crippen molar-refractivity contribution in [2.75, 3.05) is 13.7 Å². The number of nitrogens with one attached hydrogen (secondary N) is 1. The highest BCUT2D eigenvalue weighted by atomic mass is 32.2. The molecule has 3 rings (SSSR count). The molecule has 5 nitrogen and oxygen atoms in total.